The van der Waals surface area contributed by atoms with Crippen LogP contribution in [0, 0.1) is 13.8 Å². The van der Waals surface area contributed by atoms with Crippen LogP contribution in [0.25, 0.3) is 0 Å². The van der Waals surface area contributed by atoms with Gasteiger partial charge in [-0.15, -0.1) is 0 Å². The molecule has 0 aliphatic rings. The van der Waals surface area contributed by atoms with Gasteiger partial charge >= 0.3 is 0 Å². The molecule has 2 rings (SSSR count). The van der Waals surface area contributed by atoms with Crippen molar-refractivity contribution in [1.82, 2.24) is 4.98 Å². The van der Waals surface area contributed by atoms with E-state index in [-0.39, 0.29) is 0 Å². The van der Waals surface area contributed by atoms with E-state index >= 15 is 0 Å². The van der Waals surface area contributed by atoms with Crippen LogP contribution in [-0.4, -0.2) is 19.1 Å². The number of hydrogen-bond donors (Lipinski definition) is 0. The van der Waals surface area contributed by atoms with Crippen molar-refractivity contribution >= 4 is 21.7 Å². The maximum atomic E-state index is 5.35. The minimum atomic E-state index is 0.825. The molecule has 2 aromatic rings. The normalized spacial score (nSPS) is 10.4. The minimum absolute atomic E-state index is 0.825. The lowest BCUT2D eigenvalue weighted by molar-refractivity contribution is 0.411. The maximum absolute atomic E-state index is 5.35. The summed E-state index contributed by atoms with van der Waals surface area (Å²) in [5.74, 6) is 1.90. The van der Waals surface area contributed by atoms with Gasteiger partial charge < -0.3 is 9.64 Å². The first-order valence-electron chi connectivity index (χ1n) is 6.48. The van der Waals surface area contributed by atoms with E-state index in [1.54, 1.807) is 7.11 Å². The fourth-order valence-corrected chi connectivity index (χ4v) is 2.40. The van der Waals surface area contributed by atoms with Crippen LogP contribution in [0.1, 0.15) is 16.7 Å². The highest BCUT2D eigenvalue weighted by atomic mass is 79.9. The highest BCUT2D eigenvalue weighted by Crippen LogP contribution is 2.24. The number of aromatic nitrogens is 1. The number of pyridine rings is 1. The molecule has 0 bridgehead atoms. The number of aryl methyl sites for hydroxylation is 2. The molecule has 0 saturated heterocycles. The van der Waals surface area contributed by atoms with Gasteiger partial charge in [-0.3, -0.25) is 0 Å². The second-order valence-corrected chi connectivity index (χ2v) is 5.85. The van der Waals surface area contributed by atoms with Crippen LogP contribution >= 0.6 is 15.9 Å². The second-order valence-electron chi connectivity index (χ2n) is 4.94. The van der Waals surface area contributed by atoms with Crippen LogP contribution in [0.5, 0.6) is 5.75 Å². The van der Waals surface area contributed by atoms with E-state index in [9.17, 15) is 0 Å². The molecule has 0 aliphatic carbocycles. The predicted molar refractivity (Wildman–Crippen MR) is 86.5 cm³/mol. The van der Waals surface area contributed by atoms with Gasteiger partial charge in [-0.1, -0.05) is 6.07 Å². The highest BCUT2D eigenvalue weighted by molar-refractivity contribution is 9.10. The van der Waals surface area contributed by atoms with Crippen LogP contribution in [0.2, 0.25) is 0 Å². The summed E-state index contributed by atoms with van der Waals surface area (Å²) in [5, 5.41) is 0. The van der Waals surface area contributed by atoms with Crippen molar-refractivity contribution in [1.29, 1.82) is 0 Å². The Balaban J connectivity index is 2.21. The minimum Gasteiger partial charge on any atom is -0.496 e. The van der Waals surface area contributed by atoms with Crippen molar-refractivity contribution in [3.63, 3.8) is 0 Å². The molecular weight excluding hydrogens is 316 g/mol. The summed E-state index contributed by atoms with van der Waals surface area (Å²) in [6.45, 7) is 5.01. The maximum Gasteiger partial charge on any atom is 0.128 e. The van der Waals surface area contributed by atoms with Crippen molar-refractivity contribution < 1.29 is 4.74 Å². The molecule has 0 saturated carbocycles. The topological polar surface area (TPSA) is 25.4 Å². The summed E-state index contributed by atoms with van der Waals surface area (Å²) in [7, 11) is 3.76. The van der Waals surface area contributed by atoms with E-state index < -0.39 is 0 Å². The first kappa shape index (κ1) is 14.9. The third-order valence-electron chi connectivity index (χ3n) is 3.36. The van der Waals surface area contributed by atoms with Gasteiger partial charge in [-0.25, -0.2) is 4.98 Å². The first-order chi connectivity index (χ1) is 9.51. The van der Waals surface area contributed by atoms with Gasteiger partial charge in [-0.2, -0.15) is 0 Å². The van der Waals surface area contributed by atoms with Crippen LogP contribution < -0.4 is 9.64 Å². The van der Waals surface area contributed by atoms with Crippen molar-refractivity contribution in [2.45, 2.75) is 20.4 Å². The smallest absolute Gasteiger partial charge is 0.128 e. The standard InChI is InChI=1S/C16H19BrN2O/c1-11-8-15(20-4)12(2)7-13(11)10-19(3)16-6-5-14(17)9-18-16/h5-9H,10H2,1-4H3. The van der Waals surface area contributed by atoms with Crippen molar-refractivity contribution in [2.24, 2.45) is 0 Å². The van der Waals surface area contributed by atoms with Crippen LogP contribution in [0.4, 0.5) is 5.82 Å². The summed E-state index contributed by atoms with van der Waals surface area (Å²) >= 11 is 3.40. The third-order valence-corrected chi connectivity index (χ3v) is 3.83. The van der Waals surface area contributed by atoms with E-state index in [0.29, 0.717) is 0 Å². The van der Waals surface area contributed by atoms with Gasteiger partial charge in [0.1, 0.15) is 11.6 Å². The molecule has 1 heterocycles. The van der Waals surface area contributed by atoms with E-state index in [4.69, 9.17) is 4.74 Å². The van der Waals surface area contributed by atoms with Gasteiger partial charge in [0.2, 0.25) is 0 Å². The molecule has 0 spiro atoms. The van der Waals surface area contributed by atoms with Gasteiger partial charge in [0.15, 0.2) is 0 Å². The number of anilines is 1. The quantitative estimate of drug-likeness (QED) is 0.841. The zero-order chi connectivity index (χ0) is 14.7. The Morgan fingerprint density at radius 1 is 1.20 bits per heavy atom. The fraction of sp³-hybridized carbons (Fsp3) is 0.312. The monoisotopic (exact) mass is 334 g/mol. The highest BCUT2D eigenvalue weighted by Gasteiger charge is 2.08. The Labute approximate surface area is 128 Å². The molecule has 0 radical (unpaired) electrons. The van der Waals surface area contributed by atoms with Crippen molar-refractivity contribution in [3.8, 4) is 5.75 Å². The van der Waals surface area contributed by atoms with Gasteiger partial charge in [0.05, 0.1) is 7.11 Å². The number of methoxy groups -OCH3 is 1. The molecule has 106 valence electrons. The molecular formula is C16H19BrN2O. The molecule has 0 amide bonds. The fourth-order valence-electron chi connectivity index (χ4n) is 2.17. The Bertz CT molecular complexity index is 596. The number of nitrogens with zero attached hydrogens (tertiary/aromatic N) is 2. The van der Waals surface area contributed by atoms with Crippen LogP contribution in [0.3, 0.4) is 0 Å². The van der Waals surface area contributed by atoms with Crippen molar-refractivity contribution in [3.05, 3.63) is 51.6 Å². The summed E-state index contributed by atoms with van der Waals surface area (Å²) < 4.78 is 6.34. The molecule has 20 heavy (non-hydrogen) atoms. The van der Waals surface area contributed by atoms with Crippen molar-refractivity contribution in [2.75, 3.05) is 19.1 Å². The van der Waals surface area contributed by atoms with E-state index in [1.165, 1.54) is 11.1 Å². The third kappa shape index (κ3) is 3.31. The lowest BCUT2D eigenvalue weighted by atomic mass is 10.0. The Morgan fingerprint density at radius 3 is 2.55 bits per heavy atom. The number of halogens is 1. The lowest BCUT2D eigenvalue weighted by Gasteiger charge is -2.20. The number of ether oxygens (including phenoxy) is 1. The van der Waals surface area contributed by atoms with Crippen LogP contribution in [-0.2, 0) is 6.54 Å². The average molecular weight is 335 g/mol. The summed E-state index contributed by atoms with van der Waals surface area (Å²) in [4.78, 5) is 6.55. The predicted octanol–water partition coefficient (Wildman–Crippen LogP) is 4.11. The molecule has 0 N–H and O–H groups in total. The molecule has 1 aromatic heterocycles. The SMILES string of the molecule is COc1cc(C)c(CN(C)c2ccc(Br)cn2)cc1C. The van der Waals surface area contributed by atoms with Gasteiger partial charge in [-0.05, 0) is 64.7 Å². The second kappa shape index (κ2) is 6.27. The Kier molecular flexibility index (Phi) is 4.65. The first-order valence-corrected chi connectivity index (χ1v) is 7.27. The summed E-state index contributed by atoms with van der Waals surface area (Å²) in [6, 6.07) is 8.29. The molecule has 0 atom stereocenters. The van der Waals surface area contributed by atoms with Gasteiger partial charge in [0, 0.05) is 24.3 Å². The molecule has 0 fully saturated rings. The summed E-state index contributed by atoms with van der Waals surface area (Å²) in [5.41, 5.74) is 3.68. The van der Waals surface area contributed by atoms with E-state index in [2.05, 4.69) is 58.8 Å². The molecule has 0 aliphatic heterocycles. The zero-order valence-electron chi connectivity index (χ0n) is 12.3. The van der Waals surface area contributed by atoms with E-state index in [0.717, 1.165) is 28.1 Å². The molecule has 3 nitrogen and oxygen atoms in total. The molecule has 4 heteroatoms. The number of benzene rings is 1. The largest absolute Gasteiger partial charge is 0.496 e. The average Bonchev–Trinajstić information content (AvgIpc) is 2.43. The Hall–Kier alpha value is -1.55. The molecule has 1 aromatic carbocycles. The lowest BCUT2D eigenvalue weighted by Crippen LogP contribution is -2.18. The van der Waals surface area contributed by atoms with Crippen LogP contribution in [0.15, 0.2) is 34.9 Å². The zero-order valence-corrected chi connectivity index (χ0v) is 13.9. The van der Waals surface area contributed by atoms with E-state index in [1.807, 2.05) is 18.3 Å². The number of rotatable bonds is 4. The number of hydrogen-bond acceptors (Lipinski definition) is 3. The Morgan fingerprint density at radius 2 is 1.95 bits per heavy atom. The molecule has 0 unspecified atom stereocenters. The summed E-state index contributed by atoms with van der Waals surface area (Å²) in [6.07, 6.45) is 1.82. The van der Waals surface area contributed by atoms with Gasteiger partial charge in [0.25, 0.3) is 0 Å².